The van der Waals surface area contributed by atoms with Crippen LogP contribution in [0.3, 0.4) is 0 Å². The lowest BCUT2D eigenvalue weighted by molar-refractivity contribution is 0.353. The number of rotatable bonds is 6. The summed E-state index contributed by atoms with van der Waals surface area (Å²) in [6, 6.07) is 3.66. The molecular formula is C13H16BrN3O2S. The summed E-state index contributed by atoms with van der Waals surface area (Å²) in [6.45, 7) is 4.17. The van der Waals surface area contributed by atoms with Crippen LogP contribution in [0.5, 0.6) is 11.5 Å². The van der Waals surface area contributed by atoms with Crippen molar-refractivity contribution in [3.8, 4) is 11.5 Å². The van der Waals surface area contributed by atoms with E-state index in [2.05, 4.69) is 38.4 Å². The second kappa shape index (κ2) is 8.55. The van der Waals surface area contributed by atoms with E-state index in [1.165, 1.54) is 0 Å². The molecule has 1 rings (SSSR count). The third-order valence-electron chi connectivity index (χ3n) is 2.29. The van der Waals surface area contributed by atoms with E-state index < -0.39 is 0 Å². The molecule has 7 heteroatoms. The monoisotopic (exact) mass is 357 g/mol. The van der Waals surface area contributed by atoms with E-state index in [0.717, 1.165) is 10.0 Å². The molecule has 0 spiro atoms. The Bertz CT molecular complexity index is 521. The molecule has 0 aliphatic carbocycles. The average molecular weight is 358 g/mol. The number of hydrogen-bond donors (Lipinski definition) is 2. The molecule has 0 bridgehead atoms. The summed E-state index contributed by atoms with van der Waals surface area (Å²) in [6.07, 6.45) is 3.34. The predicted octanol–water partition coefficient (Wildman–Crippen LogP) is 2.45. The highest BCUT2D eigenvalue weighted by molar-refractivity contribution is 9.10. The highest BCUT2D eigenvalue weighted by Crippen LogP contribution is 2.36. The number of benzene rings is 1. The molecule has 0 radical (unpaired) electrons. The van der Waals surface area contributed by atoms with E-state index in [4.69, 9.17) is 21.7 Å². The van der Waals surface area contributed by atoms with Crippen molar-refractivity contribution in [3.63, 3.8) is 0 Å². The van der Waals surface area contributed by atoms with Crippen molar-refractivity contribution < 1.29 is 9.47 Å². The van der Waals surface area contributed by atoms with Crippen molar-refractivity contribution in [2.24, 2.45) is 5.10 Å². The quantitative estimate of drug-likeness (QED) is 0.354. The van der Waals surface area contributed by atoms with E-state index in [9.17, 15) is 0 Å². The summed E-state index contributed by atoms with van der Waals surface area (Å²) in [7, 11) is 3.17. The molecule has 0 saturated carbocycles. The molecule has 108 valence electrons. The number of hydrazone groups is 1. The number of thiocarbonyl (C=S) groups is 1. The first kappa shape index (κ1) is 16.5. The number of nitrogens with one attached hydrogen (secondary N) is 2. The highest BCUT2D eigenvalue weighted by atomic mass is 79.9. The maximum atomic E-state index is 5.29. The van der Waals surface area contributed by atoms with Gasteiger partial charge in [0, 0.05) is 12.1 Å². The predicted molar refractivity (Wildman–Crippen MR) is 88.8 cm³/mol. The van der Waals surface area contributed by atoms with Gasteiger partial charge in [0.15, 0.2) is 16.6 Å². The van der Waals surface area contributed by atoms with Crippen LogP contribution < -0.4 is 20.2 Å². The zero-order valence-corrected chi connectivity index (χ0v) is 13.7. The third kappa shape index (κ3) is 4.50. The van der Waals surface area contributed by atoms with Gasteiger partial charge in [-0.25, -0.2) is 0 Å². The van der Waals surface area contributed by atoms with Crippen LogP contribution in [0.15, 0.2) is 34.4 Å². The SMILES string of the molecule is C=CCNC(=S)N/N=C/c1ccc(OC)c(OC)c1Br. The van der Waals surface area contributed by atoms with Crippen molar-refractivity contribution in [2.45, 2.75) is 0 Å². The van der Waals surface area contributed by atoms with Gasteiger partial charge in [-0.1, -0.05) is 6.08 Å². The van der Waals surface area contributed by atoms with Gasteiger partial charge in [0.05, 0.1) is 24.9 Å². The number of hydrogen-bond acceptors (Lipinski definition) is 4. The van der Waals surface area contributed by atoms with Gasteiger partial charge >= 0.3 is 0 Å². The highest BCUT2D eigenvalue weighted by Gasteiger charge is 2.11. The molecule has 0 aromatic heterocycles. The summed E-state index contributed by atoms with van der Waals surface area (Å²) in [4.78, 5) is 0. The molecular weight excluding hydrogens is 342 g/mol. The molecule has 1 aromatic rings. The average Bonchev–Trinajstić information content (AvgIpc) is 2.46. The van der Waals surface area contributed by atoms with Crippen LogP contribution in [0.1, 0.15) is 5.56 Å². The molecule has 1 aromatic carbocycles. The van der Waals surface area contributed by atoms with E-state index in [1.807, 2.05) is 6.07 Å². The standard InChI is InChI=1S/C13H16BrN3O2S/c1-4-7-15-13(20)17-16-8-9-5-6-10(18-2)12(19-3)11(9)14/h4-6,8H,1,7H2,2-3H3,(H2,15,17,20)/b16-8+. The maximum Gasteiger partial charge on any atom is 0.187 e. The van der Waals surface area contributed by atoms with Crippen LogP contribution in [0, 0.1) is 0 Å². The Balaban J connectivity index is 2.77. The second-order valence-corrected chi connectivity index (χ2v) is 4.77. The minimum absolute atomic E-state index is 0.428. The molecule has 0 amide bonds. The number of ether oxygens (including phenoxy) is 2. The van der Waals surface area contributed by atoms with Crippen LogP contribution in [-0.4, -0.2) is 32.1 Å². The van der Waals surface area contributed by atoms with Gasteiger partial charge in [0.25, 0.3) is 0 Å². The van der Waals surface area contributed by atoms with Crippen molar-refractivity contribution in [3.05, 3.63) is 34.8 Å². The number of methoxy groups -OCH3 is 2. The smallest absolute Gasteiger partial charge is 0.187 e. The van der Waals surface area contributed by atoms with Gasteiger partial charge in [-0.05, 0) is 40.3 Å². The zero-order chi connectivity index (χ0) is 15.0. The topological polar surface area (TPSA) is 54.9 Å². The minimum atomic E-state index is 0.428. The first-order valence-electron chi connectivity index (χ1n) is 5.72. The second-order valence-electron chi connectivity index (χ2n) is 3.57. The van der Waals surface area contributed by atoms with Crippen LogP contribution in [0.25, 0.3) is 0 Å². The molecule has 0 atom stereocenters. The Morgan fingerprint density at radius 2 is 2.20 bits per heavy atom. The summed E-state index contributed by atoms with van der Waals surface area (Å²) in [5.74, 6) is 1.26. The van der Waals surface area contributed by atoms with Crippen LogP contribution in [-0.2, 0) is 0 Å². The summed E-state index contributed by atoms with van der Waals surface area (Å²) in [5, 5.41) is 7.38. The van der Waals surface area contributed by atoms with E-state index in [0.29, 0.717) is 23.2 Å². The third-order valence-corrected chi connectivity index (χ3v) is 3.35. The Kier molecular flexibility index (Phi) is 7.03. The lowest BCUT2D eigenvalue weighted by Gasteiger charge is -2.11. The summed E-state index contributed by atoms with van der Waals surface area (Å²) in [5.41, 5.74) is 3.54. The first-order valence-corrected chi connectivity index (χ1v) is 6.92. The van der Waals surface area contributed by atoms with Crippen molar-refractivity contribution in [1.82, 2.24) is 10.7 Å². The Hall–Kier alpha value is -1.60. The molecule has 0 aliphatic heterocycles. The van der Waals surface area contributed by atoms with Gasteiger partial charge in [0.2, 0.25) is 0 Å². The molecule has 0 saturated heterocycles. The number of halogens is 1. The Labute approximate surface area is 132 Å². The largest absolute Gasteiger partial charge is 0.493 e. The molecule has 0 fully saturated rings. The van der Waals surface area contributed by atoms with E-state index >= 15 is 0 Å². The molecule has 5 nitrogen and oxygen atoms in total. The number of nitrogens with zero attached hydrogens (tertiary/aromatic N) is 1. The van der Waals surface area contributed by atoms with Gasteiger partial charge < -0.3 is 14.8 Å². The normalized spacial score (nSPS) is 10.2. The first-order chi connectivity index (χ1) is 9.63. The van der Waals surface area contributed by atoms with Crippen molar-refractivity contribution in [1.29, 1.82) is 0 Å². The molecule has 0 heterocycles. The molecule has 2 N–H and O–H groups in total. The van der Waals surface area contributed by atoms with Gasteiger partial charge in [0.1, 0.15) is 0 Å². The van der Waals surface area contributed by atoms with Crippen LogP contribution >= 0.6 is 28.1 Å². The zero-order valence-electron chi connectivity index (χ0n) is 11.3. The molecule has 0 unspecified atom stereocenters. The summed E-state index contributed by atoms with van der Waals surface area (Å²) >= 11 is 8.47. The lowest BCUT2D eigenvalue weighted by Crippen LogP contribution is -2.31. The van der Waals surface area contributed by atoms with Gasteiger partial charge in [-0.2, -0.15) is 5.10 Å². The van der Waals surface area contributed by atoms with Crippen LogP contribution in [0.4, 0.5) is 0 Å². The van der Waals surface area contributed by atoms with E-state index in [-0.39, 0.29) is 0 Å². The molecule has 20 heavy (non-hydrogen) atoms. The fourth-order valence-electron chi connectivity index (χ4n) is 1.37. The Morgan fingerprint density at radius 3 is 2.80 bits per heavy atom. The lowest BCUT2D eigenvalue weighted by atomic mass is 10.2. The van der Waals surface area contributed by atoms with Gasteiger partial charge in [-0.15, -0.1) is 6.58 Å². The fraction of sp³-hybridized carbons (Fsp3) is 0.231. The van der Waals surface area contributed by atoms with Gasteiger partial charge in [-0.3, -0.25) is 5.43 Å². The Morgan fingerprint density at radius 1 is 1.45 bits per heavy atom. The van der Waals surface area contributed by atoms with Crippen molar-refractivity contribution in [2.75, 3.05) is 20.8 Å². The maximum absolute atomic E-state index is 5.29. The van der Waals surface area contributed by atoms with Crippen LogP contribution in [0.2, 0.25) is 0 Å². The fourth-order valence-corrected chi connectivity index (χ4v) is 2.10. The van der Waals surface area contributed by atoms with Crippen molar-refractivity contribution >= 4 is 39.5 Å². The van der Waals surface area contributed by atoms with E-state index in [1.54, 1.807) is 32.6 Å². The molecule has 0 aliphatic rings. The summed E-state index contributed by atoms with van der Waals surface area (Å²) < 4.78 is 11.2. The minimum Gasteiger partial charge on any atom is -0.493 e.